The summed E-state index contributed by atoms with van der Waals surface area (Å²) < 4.78 is 17.0. The molecule has 0 radical (unpaired) electrons. The minimum atomic E-state index is -0.603. The molecule has 1 aliphatic rings. The highest BCUT2D eigenvalue weighted by molar-refractivity contribution is 5.68. The Morgan fingerprint density at radius 3 is 2.36 bits per heavy atom. The number of fused-ring (bicyclic) bond motifs is 1. The van der Waals surface area contributed by atoms with Gasteiger partial charge in [-0.15, -0.1) is 0 Å². The Balaban J connectivity index is 2.20. The lowest BCUT2D eigenvalue weighted by atomic mass is 9.89. The molecule has 1 aromatic carbocycles. The molecule has 1 aliphatic carbocycles. The van der Waals surface area contributed by atoms with Gasteiger partial charge in [0.05, 0.1) is 12.7 Å². The molecular formula is C20H22O5. The largest absolute Gasteiger partial charge is 0.507 e. The second-order valence-electron chi connectivity index (χ2n) is 6.64. The van der Waals surface area contributed by atoms with E-state index >= 15 is 0 Å². The average molecular weight is 342 g/mol. The van der Waals surface area contributed by atoms with Gasteiger partial charge in [0.25, 0.3) is 0 Å². The topological polar surface area (TPSA) is 68.9 Å². The summed E-state index contributed by atoms with van der Waals surface area (Å²) >= 11 is 0. The van der Waals surface area contributed by atoms with Gasteiger partial charge in [-0.2, -0.15) is 0 Å². The standard InChI is InChI=1S/C20H22O5/c1-11-6-13(7-12(2)19(11)22)15-8-14(21)18-16(23-4)9-20(3,24-5)10-17(18)25-15/h6-9,22H,10H2,1-5H3. The first-order valence-corrected chi connectivity index (χ1v) is 8.08. The highest BCUT2D eigenvalue weighted by Gasteiger charge is 2.33. The second kappa shape index (κ2) is 6.08. The molecule has 25 heavy (non-hydrogen) atoms. The van der Waals surface area contributed by atoms with Gasteiger partial charge in [-0.3, -0.25) is 4.79 Å². The van der Waals surface area contributed by atoms with Gasteiger partial charge < -0.3 is 19.0 Å². The Kier molecular flexibility index (Phi) is 4.21. The van der Waals surface area contributed by atoms with E-state index in [1.165, 1.54) is 13.2 Å². The third-order valence-electron chi connectivity index (χ3n) is 4.68. The normalized spacial score (nSPS) is 19.3. The van der Waals surface area contributed by atoms with Crippen LogP contribution in [0.5, 0.6) is 5.75 Å². The van der Waals surface area contributed by atoms with Gasteiger partial charge in [0, 0.05) is 25.2 Å². The predicted molar refractivity (Wildman–Crippen MR) is 95.7 cm³/mol. The number of rotatable bonds is 3. The molecule has 132 valence electrons. The van der Waals surface area contributed by atoms with Crippen molar-refractivity contribution in [3.05, 3.63) is 56.9 Å². The van der Waals surface area contributed by atoms with Gasteiger partial charge in [0.2, 0.25) is 0 Å². The molecule has 2 aromatic rings. The van der Waals surface area contributed by atoms with E-state index < -0.39 is 5.60 Å². The maximum absolute atomic E-state index is 12.7. The van der Waals surface area contributed by atoms with Crippen LogP contribution in [-0.4, -0.2) is 24.9 Å². The smallest absolute Gasteiger partial charge is 0.196 e. The van der Waals surface area contributed by atoms with Crippen molar-refractivity contribution in [1.29, 1.82) is 0 Å². The van der Waals surface area contributed by atoms with Crippen LogP contribution in [0.25, 0.3) is 17.1 Å². The van der Waals surface area contributed by atoms with Crippen molar-refractivity contribution < 1.29 is 19.0 Å². The van der Waals surface area contributed by atoms with Crippen LogP contribution >= 0.6 is 0 Å². The van der Waals surface area contributed by atoms with Crippen LogP contribution < -0.4 is 5.43 Å². The quantitative estimate of drug-likeness (QED) is 0.923. The van der Waals surface area contributed by atoms with Crippen LogP contribution in [0.1, 0.15) is 29.4 Å². The SMILES string of the molecule is COC1=CC(C)(OC)Cc2oc(-c3cc(C)c(O)c(C)c3)cc(=O)c21. The van der Waals surface area contributed by atoms with E-state index in [-0.39, 0.29) is 11.2 Å². The van der Waals surface area contributed by atoms with Crippen molar-refractivity contribution in [2.24, 2.45) is 0 Å². The van der Waals surface area contributed by atoms with Crippen molar-refractivity contribution >= 4 is 5.76 Å². The molecule has 0 saturated heterocycles. The van der Waals surface area contributed by atoms with E-state index in [1.54, 1.807) is 25.3 Å². The highest BCUT2D eigenvalue weighted by Crippen LogP contribution is 2.35. The van der Waals surface area contributed by atoms with Crippen molar-refractivity contribution in [3.8, 4) is 17.1 Å². The number of methoxy groups -OCH3 is 2. The van der Waals surface area contributed by atoms with Crippen molar-refractivity contribution in [2.45, 2.75) is 32.8 Å². The number of phenols is 1. The van der Waals surface area contributed by atoms with E-state index in [2.05, 4.69) is 0 Å². The molecule has 1 aromatic heterocycles. The molecule has 0 spiro atoms. The van der Waals surface area contributed by atoms with Gasteiger partial charge in [-0.1, -0.05) is 0 Å². The Morgan fingerprint density at radius 2 is 1.80 bits per heavy atom. The molecule has 5 heteroatoms. The number of hydrogen-bond acceptors (Lipinski definition) is 5. The number of ether oxygens (including phenoxy) is 2. The Labute approximate surface area is 146 Å². The molecule has 5 nitrogen and oxygen atoms in total. The third-order valence-corrected chi connectivity index (χ3v) is 4.68. The number of hydrogen-bond donors (Lipinski definition) is 1. The number of benzene rings is 1. The first kappa shape index (κ1) is 17.3. The molecule has 1 atom stereocenters. The summed E-state index contributed by atoms with van der Waals surface area (Å²) in [4.78, 5) is 12.7. The molecule has 0 saturated carbocycles. The summed E-state index contributed by atoms with van der Waals surface area (Å²) in [5.41, 5.74) is 1.89. The van der Waals surface area contributed by atoms with Crippen LogP contribution in [0, 0.1) is 13.8 Å². The first-order chi connectivity index (χ1) is 11.8. The van der Waals surface area contributed by atoms with Crippen molar-refractivity contribution in [1.82, 2.24) is 0 Å². The molecule has 1 heterocycles. The van der Waals surface area contributed by atoms with Gasteiger partial charge in [0.1, 0.15) is 28.6 Å². The molecule has 0 bridgehead atoms. The lowest BCUT2D eigenvalue weighted by Crippen LogP contribution is -2.33. The Bertz CT molecular complexity index is 899. The average Bonchev–Trinajstić information content (AvgIpc) is 2.57. The maximum atomic E-state index is 12.7. The number of aryl methyl sites for hydroxylation is 2. The fraction of sp³-hybridized carbons (Fsp3) is 0.350. The fourth-order valence-corrected chi connectivity index (χ4v) is 3.18. The van der Waals surface area contributed by atoms with E-state index in [4.69, 9.17) is 13.9 Å². The molecular weight excluding hydrogens is 320 g/mol. The lowest BCUT2D eigenvalue weighted by Gasteiger charge is -2.30. The first-order valence-electron chi connectivity index (χ1n) is 8.08. The second-order valence-corrected chi connectivity index (χ2v) is 6.64. The Hall–Kier alpha value is -2.53. The minimum Gasteiger partial charge on any atom is -0.507 e. The predicted octanol–water partition coefficient (Wildman–Crippen LogP) is 3.58. The molecule has 3 rings (SSSR count). The number of aromatic hydroxyl groups is 1. The zero-order chi connectivity index (χ0) is 18.4. The summed E-state index contributed by atoms with van der Waals surface area (Å²) in [6.07, 6.45) is 2.24. The Morgan fingerprint density at radius 1 is 1.16 bits per heavy atom. The summed E-state index contributed by atoms with van der Waals surface area (Å²) in [5.74, 6) is 1.71. The lowest BCUT2D eigenvalue weighted by molar-refractivity contribution is 0.0413. The molecule has 1 N–H and O–H groups in total. The van der Waals surface area contributed by atoms with E-state index in [0.29, 0.717) is 29.3 Å². The van der Waals surface area contributed by atoms with Crippen LogP contribution in [0.2, 0.25) is 0 Å². The maximum Gasteiger partial charge on any atom is 0.196 e. The summed E-state index contributed by atoms with van der Waals surface area (Å²) in [6, 6.07) is 5.07. The van der Waals surface area contributed by atoms with Gasteiger partial charge in [-0.25, -0.2) is 0 Å². The molecule has 1 unspecified atom stereocenters. The monoisotopic (exact) mass is 342 g/mol. The highest BCUT2D eigenvalue weighted by atomic mass is 16.5. The molecule has 0 amide bonds. The van der Waals surface area contributed by atoms with Gasteiger partial charge in [-0.05, 0) is 50.1 Å². The zero-order valence-corrected chi connectivity index (χ0v) is 15.1. The van der Waals surface area contributed by atoms with Crippen LogP contribution in [0.3, 0.4) is 0 Å². The zero-order valence-electron chi connectivity index (χ0n) is 15.1. The summed E-state index contributed by atoms with van der Waals surface area (Å²) in [6.45, 7) is 5.54. The molecule has 0 fully saturated rings. The van der Waals surface area contributed by atoms with Crippen LogP contribution in [0.4, 0.5) is 0 Å². The minimum absolute atomic E-state index is 0.161. The third kappa shape index (κ3) is 2.96. The van der Waals surface area contributed by atoms with Crippen LogP contribution in [-0.2, 0) is 15.9 Å². The number of phenolic OH excluding ortho intramolecular Hbond substituents is 1. The van der Waals surface area contributed by atoms with Crippen molar-refractivity contribution in [2.75, 3.05) is 14.2 Å². The van der Waals surface area contributed by atoms with E-state index in [1.807, 2.05) is 20.8 Å². The fourth-order valence-electron chi connectivity index (χ4n) is 3.18. The molecule has 0 aliphatic heterocycles. The van der Waals surface area contributed by atoms with E-state index in [9.17, 15) is 9.90 Å². The van der Waals surface area contributed by atoms with Crippen molar-refractivity contribution in [3.63, 3.8) is 0 Å². The summed E-state index contributed by atoms with van der Waals surface area (Å²) in [7, 11) is 3.14. The van der Waals surface area contributed by atoms with Crippen LogP contribution in [0.15, 0.2) is 33.5 Å². The summed E-state index contributed by atoms with van der Waals surface area (Å²) in [5, 5.41) is 9.96. The van der Waals surface area contributed by atoms with Gasteiger partial charge >= 0.3 is 0 Å². The van der Waals surface area contributed by atoms with E-state index in [0.717, 1.165) is 16.7 Å². The van der Waals surface area contributed by atoms with Gasteiger partial charge in [0.15, 0.2) is 5.43 Å².